The second kappa shape index (κ2) is 3.65. The van der Waals surface area contributed by atoms with Crippen molar-refractivity contribution in [2.24, 2.45) is 0 Å². The highest BCUT2D eigenvalue weighted by molar-refractivity contribution is 5.24. The molecule has 0 bridgehead atoms. The van der Waals surface area contributed by atoms with E-state index in [1.807, 2.05) is 0 Å². The highest BCUT2D eigenvalue weighted by Crippen LogP contribution is 2.28. The summed E-state index contributed by atoms with van der Waals surface area (Å²) in [6.45, 7) is 2.79. The van der Waals surface area contributed by atoms with Gasteiger partial charge >= 0.3 is 0 Å². The first-order valence-corrected chi connectivity index (χ1v) is 4.85. The topological polar surface area (TPSA) is 12.0 Å². The molecule has 14 heavy (non-hydrogen) atoms. The standard InChI is InChI=1S/C11H13F2N/c1-7-5-8(6-14-7)9-3-2-4-10(12)11(9)13/h2-4,7-8,14H,5-6H2,1H3. The van der Waals surface area contributed by atoms with Crippen LogP contribution in [0.4, 0.5) is 8.78 Å². The summed E-state index contributed by atoms with van der Waals surface area (Å²) in [7, 11) is 0. The molecule has 1 aromatic carbocycles. The van der Waals surface area contributed by atoms with E-state index in [1.54, 1.807) is 12.1 Å². The Labute approximate surface area is 82.1 Å². The highest BCUT2D eigenvalue weighted by Gasteiger charge is 2.25. The van der Waals surface area contributed by atoms with Crippen molar-refractivity contribution < 1.29 is 8.78 Å². The van der Waals surface area contributed by atoms with E-state index in [4.69, 9.17) is 0 Å². The summed E-state index contributed by atoms with van der Waals surface area (Å²) in [5.74, 6) is -1.32. The van der Waals surface area contributed by atoms with Gasteiger partial charge in [0.15, 0.2) is 11.6 Å². The zero-order valence-electron chi connectivity index (χ0n) is 8.06. The minimum Gasteiger partial charge on any atom is -0.314 e. The van der Waals surface area contributed by atoms with E-state index in [-0.39, 0.29) is 5.92 Å². The Kier molecular flexibility index (Phi) is 2.50. The van der Waals surface area contributed by atoms with E-state index in [1.165, 1.54) is 0 Å². The van der Waals surface area contributed by atoms with Gasteiger partial charge in [0.25, 0.3) is 0 Å². The van der Waals surface area contributed by atoms with Gasteiger partial charge in [-0.15, -0.1) is 0 Å². The Bertz CT molecular complexity index is 338. The third-order valence-electron chi connectivity index (χ3n) is 2.77. The van der Waals surface area contributed by atoms with Crippen LogP contribution >= 0.6 is 0 Å². The first-order chi connectivity index (χ1) is 6.68. The Morgan fingerprint density at radius 1 is 1.36 bits per heavy atom. The number of hydrogen-bond acceptors (Lipinski definition) is 1. The van der Waals surface area contributed by atoms with E-state index >= 15 is 0 Å². The Morgan fingerprint density at radius 2 is 2.14 bits per heavy atom. The van der Waals surface area contributed by atoms with Gasteiger partial charge in [-0.2, -0.15) is 0 Å². The fraction of sp³-hybridized carbons (Fsp3) is 0.455. The van der Waals surface area contributed by atoms with E-state index in [2.05, 4.69) is 12.2 Å². The average molecular weight is 197 g/mol. The molecule has 1 nitrogen and oxygen atoms in total. The van der Waals surface area contributed by atoms with E-state index < -0.39 is 11.6 Å². The van der Waals surface area contributed by atoms with Gasteiger partial charge in [-0.1, -0.05) is 12.1 Å². The number of benzene rings is 1. The third-order valence-corrected chi connectivity index (χ3v) is 2.77. The molecule has 0 amide bonds. The molecule has 0 aromatic heterocycles. The predicted molar refractivity (Wildman–Crippen MR) is 51.2 cm³/mol. The van der Waals surface area contributed by atoms with Crippen LogP contribution in [-0.2, 0) is 0 Å². The molecular formula is C11H13F2N. The van der Waals surface area contributed by atoms with Crippen LogP contribution in [0.2, 0.25) is 0 Å². The molecule has 76 valence electrons. The molecule has 3 heteroatoms. The Hall–Kier alpha value is -0.960. The highest BCUT2D eigenvalue weighted by atomic mass is 19.2. The minimum atomic E-state index is -0.748. The molecule has 2 atom stereocenters. The summed E-state index contributed by atoms with van der Waals surface area (Å²) >= 11 is 0. The van der Waals surface area contributed by atoms with Crippen LogP contribution in [0.1, 0.15) is 24.8 Å². The molecule has 1 fully saturated rings. The van der Waals surface area contributed by atoms with Gasteiger partial charge in [0.1, 0.15) is 0 Å². The van der Waals surface area contributed by atoms with Crippen molar-refractivity contribution in [2.45, 2.75) is 25.3 Å². The average Bonchev–Trinajstić information content (AvgIpc) is 2.57. The van der Waals surface area contributed by atoms with Gasteiger partial charge in [0.05, 0.1) is 0 Å². The molecule has 0 aliphatic carbocycles. The summed E-state index contributed by atoms with van der Waals surface area (Å²) in [6.07, 6.45) is 0.875. The Balaban J connectivity index is 2.28. The number of hydrogen-bond donors (Lipinski definition) is 1. The number of halogens is 2. The van der Waals surface area contributed by atoms with E-state index in [0.29, 0.717) is 11.6 Å². The number of rotatable bonds is 1. The maximum Gasteiger partial charge on any atom is 0.162 e. The quantitative estimate of drug-likeness (QED) is 0.729. The third kappa shape index (κ3) is 1.64. The predicted octanol–water partition coefficient (Wildman–Crippen LogP) is 2.43. The lowest BCUT2D eigenvalue weighted by molar-refractivity contribution is 0.489. The monoisotopic (exact) mass is 197 g/mol. The molecule has 1 heterocycles. The molecule has 1 aliphatic rings. The Morgan fingerprint density at radius 3 is 2.79 bits per heavy atom. The molecule has 1 aromatic rings. The first-order valence-electron chi connectivity index (χ1n) is 4.85. The van der Waals surface area contributed by atoms with Gasteiger partial charge in [-0.05, 0) is 25.0 Å². The second-order valence-corrected chi connectivity index (χ2v) is 3.88. The van der Waals surface area contributed by atoms with Crippen LogP contribution in [0.15, 0.2) is 18.2 Å². The zero-order chi connectivity index (χ0) is 10.1. The molecule has 0 saturated carbocycles. The van der Waals surface area contributed by atoms with Crippen molar-refractivity contribution in [1.29, 1.82) is 0 Å². The molecule has 1 N–H and O–H groups in total. The zero-order valence-corrected chi connectivity index (χ0v) is 8.06. The van der Waals surface area contributed by atoms with Gasteiger partial charge in [0.2, 0.25) is 0 Å². The molecular weight excluding hydrogens is 184 g/mol. The largest absolute Gasteiger partial charge is 0.314 e. The summed E-state index contributed by atoms with van der Waals surface area (Å²) in [5.41, 5.74) is 0.502. The molecule has 0 spiro atoms. The van der Waals surface area contributed by atoms with Crippen molar-refractivity contribution in [3.05, 3.63) is 35.4 Å². The molecule has 1 aliphatic heterocycles. The fourth-order valence-electron chi connectivity index (χ4n) is 2.01. The normalized spacial score (nSPS) is 26.8. The summed E-state index contributed by atoms with van der Waals surface area (Å²) in [6, 6.07) is 4.78. The maximum absolute atomic E-state index is 13.4. The lowest BCUT2D eigenvalue weighted by Gasteiger charge is -2.10. The molecule has 2 rings (SSSR count). The van der Waals surface area contributed by atoms with Crippen molar-refractivity contribution in [2.75, 3.05) is 6.54 Å². The van der Waals surface area contributed by atoms with Gasteiger partial charge < -0.3 is 5.32 Å². The van der Waals surface area contributed by atoms with Gasteiger partial charge in [0, 0.05) is 18.5 Å². The van der Waals surface area contributed by atoms with Crippen molar-refractivity contribution in [3.63, 3.8) is 0 Å². The van der Waals surface area contributed by atoms with Crippen molar-refractivity contribution in [3.8, 4) is 0 Å². The lowest BCUT2D eigenvalue weighted by atomic mass is 9.96. The van der Waals surface area contributed by atoms with Gasteiger partial charge in [-0.25, -0.2) is 8.78 Å². The summed E-state index contributed by atoms with van der Waals surface area (Å²) in [4.78, 5) is 0. The first kappa shape index (κ1) is 9.59. The second-order valence-electron chi connectivity index (χ2n) is 3.88. The van der Waals surface area contributed by atoms with Crippen molar-refractivity contribution in [1.82, 2.24) is 5.32 Å². The lowest BCUT2D eigenvalue weighted by Crippen LogP contribution is -2.16. The van der Waals surface area contributed by atoms with Gasteiger partial charge in [-0.3, -0.25) is 0 Å². The fourth-order valence-corrected chi connectivity index (χ4v) is 2.01. The van der Waals surface area contributed by atoms with E-state index in [9.17, 15) is 8.78 Å². The maximum atomic E-state index is 13.4. The van der Waals surface area contributed by atoms with Crippen molar-refractivity contribution >= 4 is 0 Å². The van der Waals surface area contributed by atoms with Crippen LogP contribution in [0.5, 0.6) is 0 Å². The minimum absolute atomic E-state index is 0.112. The summed E-state index contributed by atoms with van der Waals surface area (Å²) < 4.78 is 26.3. The van der Waals surface area contributed by atoms with Crippen LogP contribution in [-0.4, -0.2) is 12.6 Å². The van der Waals surface area contributed by atoms with Crippen LogP contribution < -0.4 is 5.32 Å². The molecule has 0 radical (unpaired) electrons. The smallest absolute Gasteiger partial charge is 0.162 e. The molecule has 2 unspecified atom stereocenters. The SMILES string of the molecule is CC1CC(c2cccc(F)c2F)CN1. The summed E-state index contributed by atoms with van der Waals surface area (Å²) in [5, 5.41) is 3.23. The van der Waals surface area contributed by atoms with E-state index in [0.717, 1.165) is 19.0 Å². The van der Waals surface area contributed by atoms with Crippen LogP contribution in [0.25, 0.3) is 0 Å². The van der Waals surface area contributed by atoms with Crippen LogP contribution in [0, 0.1) is 11.6 Å². The number of nitrogens with one attached hydrogen (secondary N) is 1. The van der Waals surface area contributed by atoms with Crippen LogP contribution in [0.3, 0.4) is 0 Å². The molecule has 1 saturated heterocycles.